The molecule has 0 atom stereocenters. The highest BCUT2D eigenvalue weighted by Crippen LogP contribution is 2.38. The van der Waals surface area contributed by atoms with E-state index >= 15 is 0 Å². The van der Waals surface area contributed by atoms with E-state index in [1.807, 2.05) is 6.07 Å². The van der Waals surface area contributed by atoms with Gasteiger partial charge in [0.25, 0.3) is 0 Å². The van der Waals surface area contributed by atoms with Gasteiger partial charge in [0.1, 0.15) is 11.5 Å². The molecule has 0 aliphatic heterocycles. The van der Waals surface area contributed by atoms with Crippen LogP contribution in [0, 0.1) is 0 Å². The minimum atomic E-state index is 0.125. The maximum atomic E-state index is 9.83. The minimum Gasteiger partial charge on any atom is -0.507 e. The van der Waals surface area contributed by atoms with Gasteiger partial charge in [-0.25, -0.2) is 0 Å². The highest BCUT2D eigenvalue weighted by Gasteiger charge is 2.12. The van der Waals surface area contributed by atoms with Crippen molar-refractivity contribution in [3.8, 4) is 22.6 Å². The van der Waals surface area contributed by atoms with E-state index in [1.54, 1.807) is 36.4 Å². The lowest BCUT2D eigenvalue weighted by Gasteiger charge is -2.10. The van der Waals surface area contributed by atoms with E-state index < -0.39 is 0 Å². The molecule has 0 aliphatic rings. The second kappa shape index (κ2) is 4.45. The summed E-state index contributed by atoms with van der Waals surface area (Å²) in [5.74, 6) is 0.549. The zero-order valence-electron chi connectivity index (χ0n) is 8.52. The lowest BCUT2D eigenvalue weighted by atomic mass is 9.99. The molecule has 0 saturated heterocycles. The lowest BCUT2D eigenvalue weighted by Crippen LogP contribution is -1.87. The molecule has 0 unspecified atom stereocenters. The minimum absolute atomic E-state index is 0.125. The molecule has 0 spiro atoms. The van der Waals surface area contributed by atoms with E-state index in [1.165, 1.54) is 0 Å². The Morgan fingerprint density at radius 3 is 2.25 bits per heavy atom. The number of alkyl halides is 1. The molecular weight excluding hydrogens is 224 g/mol. The van der Waals surface area contributed by atoms with Crippen molar-refractivity contribution in [2.24, 2.45) is 0 Å². The predicted molar refractivity (Wildman–Crippen MR) is 64.8 cm³/mol. The number of phenolic OH excluding ortho intramolecular Hbond substituents is 2. The van der Waals surface area contributed by atoms with Gasteiger partial charge in [0, 0.05) is 17.0 Å². The lowest BCUT2D eigenvalue weighted by molar-refractivity contribution is 0.469. The SMILES string of the molecule is Oc1ccccc1-c1c(O)cccc1CCl. The topological polar surface area (TPSA) is 40.5 Å². The van der Waals surface area contributed by atoms with Crippen LogP contribution in [-0.4, -0.2) is 10.2 Å². The van der Waals surface area contributed by atoms with Gasteiger partial charge in [-0.3, -0.25) is 0 Å². The molecule has 0 heterocycles. The second-order valence-electron chi connectivity index (χ2n) is 3.46. The van der Waals surface area contributed by atoms with Gasteiger partial charge in [-0.2, -0.15) is 0 Å². The highest BCUT2D eigenvalue weighted by atomic mass is 35.5. The predicted octanol–water partition coefficient (Wildman–Crippen LogP) is 3.50. The van der Waals surface area contributed by atoms with E-state index in [0.717, 1.165) is 5.56 Å². The Labute approximate surface area is 98.7 Å². The van der Waals surface area contributed by atoms with Gasteiger partial charge in [0.05, 0.1) is 0 Å². The zero-order chi connectivity index (χ0) is 11.5. The van der Waals surface area contributed by atoms with Crippen molar-refractivity contribution in [3.63, 3.8) is 0 Å². The number of benzene rings is 2. The monoisotopic (exact) mass is 234 g/mol. The summed E-state index contributed by atoms with van der Waals surface area (Å²) in [6.45, 7) is 0. The van der Waals surface area contributed by atoms with Crippen LogP contribution < -0.4 is 0 Å². The molecule has 2 N–H and O–H groups in total. The first-order chi connectivity index (χ1) is 7.74. The van der Waals surface area contributed by atoms with Gasteiger partial charge < -0.3 is 10.2 Å². The van der Waals surface area contributed by atoms with Crippen molar-refractivity contribution >= 4 is 11.6 Å². The number of para-hydroxylation sites is 1. The molecule has 16 heavy (non-hydrogen) atoms. The largest absolute Gasteiger partial charge is 0.507 e. The Kier molecular flexibility index (Phi) is 3.02. The summed E-state index contributed by atoms with van der Waals surface area (Å²) in [7, 11) is 0. The fourth-order valence-electron chi connectivity index (χ4n) is 1.69. The molecule has 0 amide bonds. The average molecular weight is 235 g/mol. The number of hydrogen-bond donors (Lipinski definition) is 2. The van der Waals surface area contributed by atoms with Gasteiger partial charge >= 0.3 is 0 Å². The standard InChI is InChI=1S/C13H11ClO2/c14-8-9-4-3-7-12(16)13(9)10-5-1-2-6-11(10)15/h1-7,15-16H,8H2. The number of phenols is 2. The first kappa shape index (κ1) is 10.8. The van der Waals surface area contributed by atoms with Crippen LogP contribution in [0.2, 0.25) is 0 Å². The first-order valence-electron chi connectivity index (χ1n) is 4.89. The van der Waals surface area contributed by atoms with Gasteiger partial charge in [-0.05, 0) is 17.7 Å². The molecular formula is C13H11ClO2. The van der Waals surface area contributed by atoms with Crippen molar-refractivity contribution in [2.45, 2.75) is 5.88 Å². The van der Waals surface area contributed by atoms with Crippen molar-refractivity contribution in [1.82, 2.24) is 0 Å². The van der Waals surface area contributed by atoms with E-state index in [-0.39, 0.29) is 17.4 Å². The summed E-state index contributed by atoms with van der Waals surface area (Å²) in [4.78, 5) is 0. The maximum Gasteiger partial charge on any atom is 0.123 e. The van der Waals surface area contributed by atoms with E-state index in [4.69, 9.17) is 11.6 Å². The molecule has 2 aromatic carbocycles. The second-order valence-corrected chi connectivity index (χ2v) is 3.73. The van der Waals surface area contributed by atoms with E-state index in [2.05, 4.69) is 0 Å². The van der Waals surface area contributed by atoms with Crippen LogP contribution in [0.4, 0.5) is 0 Å². The molecule has 3 heteroatoms. The summed E-state index contributed by atoms with van der Waals surface area (Å²) in [5.41, 5.74) is 1.98. The zero-order valence-corrected chi connectivity index (χ0v) is 9.28. The van der Waals surface area contributed by atoms with Crippen LogP contribution in [0.15, 0.2) is 42.5 Å². The summed E-state index contributed by atoms with van der Waals surface area (Å²) in [6.07, 6.45) is 0. The third-order valence-electron chi connectivity index (χ3n) is 2.45. The normalized spacial score (nSPS) is 10.3. The van der Waals surface area contributed by atoms with Crippen LogP contribution >= 0.6 is 11.6 Å². The van der Waals surface area contributed by atoms with Crippen LogP contribution in [0.1, 0.15) is 5.56 Å². The Bertz CT molecular complexity index is 509. The average Bonchev–Trinajstić information content (AvgIpc) is 2.30. The molecule has 0 aromatic heterocycles. The van der Waals surface area contributed by atoms with Crippen LogP contribution in [0.3, 0.4) is 0 Å². The van der Waals surface area contributed by atoms with Crippen molar-refractivity contribution < 1.29 is 10.2 Å². The van der Waals surface area contributed by atoms with Crippen LogP contribution in [0.5, 0.6) is 11.5 Å². The Morgan fingerprint density at radius 1 is 0.875 bits per heavy atom. The van der Waals surface area contributed by atoms with Gasteiger partial charge in [-0.15, -0.1) is 11.6 Å². The van der Waals surface area contributed by atoms with E-state index in [9.17, 15) is 10.2 Å². The Hall–Kier alpha value is -1.67. The molecule has 82 valence electrons. The van der Waals surface area contributed by atoms with Crippen LogP contribution in [-0.2, 0) is 5.88 Å². The Morgan fingerprint density at radius 2 is 1.56 bits per heavy atom. The summed E-state index contributed by atoms with van der Waals surface area (Å²) >= 11 is 5.81. The fourth-order valence-corrected chi connectivity index (χ4v) is 1.92. The van der Waals surface area contributed by atoms with Crippen molar-refractivity contribution in [3.05, 3.63) is 48.0 Å². The molecule has 2 aromatic rings. The molecule has 0 bridgehead atoms. The summed E-state index contributed by atoms with van der Waals surface area (Å²) < 4.78 is 0. The van der Waals surface area contributed by atoms with Crippen molar-refractivity contribution in [1.29, 1.82) is 0 Å². The molecule has 0 radical (unpaired) electrons. The summed E-state index contributed by atoms with van der Waals surface area (Å²) in [5, 5.41) is 19.6. The van der Waals surface area contributed by atoms with Gasteiger partial charge in [0.15, 0.2) is 0 Å². The number of hydrogen-bond acceptors (Lipinski definition) is 2. The van der Waals surface area contributed by atoms with Crippen LogP contribution in [0.25, 0.3) is 11.1 Å². The third-order valence-corrected chi connectivity index (χ3v) is 2.73. The Balaban J connectivity index is 2.68. The first-order valence-corrected chi connectivity index (χ1v) is 5.42. The molecule has 0 fully saturated rings. The number of halogens is 1. The van der Waals surface area contributed by atoms with Crippen molar-refractivity contribution in [2.75, 3.05) is 0 Å². The molecule has 2 nitrogen and oxygen atoms in total. The van der Waals surface area contributed by atoms with Gasteiger partial charge in [-0.1, -0.05) is 30.3 Å². The van der Waals surface area contributed by atoms with E-state index in [0.29, 0.717) is 11.1 Å². The number of aromatic hydroxyl groups is 2. The maximum absolute atomic E-state index is 9.83. The molecule has 0 saturated carbocycles. The molecule has 2 rings (SSSR count). The highest BCUT2D eigenvalue weighted by molar-refractivity contribution is 6.17. The fraction of sp³-hybridized carbons (Fsp3) is 0.0769. The third kappa shape index (κ3) is 1.84. The quantitative estimate of drug-likeness (QED) is 0.781. The summed E-state index contributed by atoms with van der Waals surface area (Å²) in [6, 6.07) is 12.0. The van der Waals surface area contributed by atoms with Gasteiger partial charge in [0.2, 0.25) is 0 Å². The smallest absolute Gasteiger partial charge is 0.123 e. The molecule has 0 aliphatic carbocycles. The number of rotatable bonds is 2.